The highest BCUT2D eigenvalue weighted by atomic mass is 35.5. The highest BCUT2D eigenvalue weighted by Gasteiger charge is 2.19. The Labute approximate surface area is 107 Å². The van der Waals surface area contributed by atoms with Crippen molar-refractivity contribution >= 4 is 22.9 Å². The molecule has 90 valence electrons. The number of hydrogen-bond donors (Lipinski definition) is 1. The SMILES string of the molecule is CCC1CNCCN1CCc1ccc(Cl)s1. The van der Waals surface area contributed by atoms with Crippen LogP contribution in [0.2, 0.25) is 4.34 Å². The second kappa shape index (κ2) is 6.01. The highest BCUT2D eigenvalue weighted by Crippen LogP contribution is 2.22. The van der Waals surface area contributed by atoms with Crippen molar-refractivity contribution in [1.82, 2.24) is 10.2 Å². The van der Waals surface area contributed by atoms with Crippen LogP contribution in [0.25, 0.3) is 0 Å². The maximum Gasteiger partial charge on any atom is 0.0931 e. The molecule has 0 bridgehead atoms. The molecule has 0 aromatic carbocycles. The zero-order chi connectivity index (χ0) is 11.4. The predicted octanol–water partition coefficient (Wildman–Crippen LogP) is 2.63. The summed E-state index contributed by atoms with van der Waals surface area (Å²) in [4.78, 5) is 4.00. The van der Waals surface area contributed by atoms with Crippen LogP contribution in [0, 0.1) is 0 Å². The molecule has 1 aromatic rings. The third-order valence-corrected chi connectivity index (χ3v) is 4.51. The topological polar surface area (TPSA) is 15.3 Å². The van der Waals surface area contributed by atoms with E-state index in [1.165, 1.54) is 17.8 Å². The molecule has 0 spiro atoms. The number of halogens is 1. The Balaban J connectivity index is 1.84. The number of rotatable bonds is 4. The quantitative estimate of drug-likeness (QED) is 0.893. The Kier molecular flexibility index (Phi) is 4.65. The molecule has 2 heterocycles. The molecular formula is C12H19ClN2S. The lowest BCUT2D eigenvalue weighted by Crippen LogP contribution is -2.51. The first-order chi connectivity index (χ1) is 7.79. The average molecular weight is 259 g/mol. The summed E-state index contributed by atoms with van der Waals surface area (Å²) in [6.45, 7) is 6.88. The van der Waals surface area contributed by atoms with Gasteiger partial charge >= 0.3 is 0 Å². The lowest BCUT2D eigenvalue weighted by atomic mass is 10.1. The summed E-state index contributed by atoms with van der Waals surface area (Å²) in [5.41, 5.74) is 0. The minimum atomic E-state index is 0.712. The van der Waals surface area contributed by atoms with Gasteiger partial charge in [-0.1, -0.05) is 18.5 Å². The normalized spacial score (nSPS) is 22.5. The molecule has 1 aliphatic heterocycles. The molecule has 1 fully saturated rings. The van der Waals surface area contributed by atoms with Crippen LogP contribution in [-0.2, 0) is 6.42 Å². The van der Waals surface area contributed by atoms with Crippen LogP contribution in [0.1, 0.15) is 18.2 Å². The predicted molar refractivity (Wildman–Crippen MR) is 71.6 cm³/mol. The van der Waals surface area contributed by atoms with Gasteiger partial charge < -0.3 is 5.32 Å². The standard InChI is InChI=1S/C12H19ClN2S/c1-2-10-9-14-6-8-15(10)7-5-11-3-4-12(13)16-11/h3-4,10,14H,2,5-9H2,1H3. The van der Waals surface area contributed by atoms with Crippen LogP contribution >= 0.6 is 22.9 Å². The van der Waals surface area contributed by atoms with E-state index in [9.17, 15) is 0 Å². The van der Waals surface area contributed by atoms with Crippen LogP contribution in [0.3, 0.4) is 0 Å². The van der Waals surface area contributed by atoms with E-state index < -0.39 is 0 Å². The van der Waals surface area contributed by atoms with E-state index in [0.717, 1.165) is 30.4 Å². The van der Waals surface area contributed by atoms with Crippen molar-refractivity contribution in [3.8, 4) is 0 Å². The van der Waals surface area contributed by atoms with E-state index in [0.29, 0.717) is 6.04 Å². The van der Waals surface area contributed by atoms with Gasteiger partial charge in [0.05, 0.1) is 4.34 Å². The summed E-state index contributed by atoms with van der Waals surface area (Å²) in [5.74, 6) is 0. The van der Waals surface area contributed by atoms with E-state index in [1.54, 1.807) is 11.3 Å². The van der Waals surface area contributed by atoms with E-state index in [4.69, 9.17) is 11.6 Å². The third kappa shape index (κ3) is 3.20. The van der Waals surface area contributed by atoms with Crippen molar-refractivity contribution < 1.29 is 0 Å². The Morgan fingerprint density at radius 3 is 3.12 bits per heavy atom. The zero-order valence-electron chi connectivity index (χ0n) is 9.71. The Hall–Kier alpha value is -0.0900. The minimum absolute atomic E-state index is 0.712. The molecule has 2 nitrogen and oxygen atoms in total. The summed E-state index contributed by atoms with van der Waals surface area (Å²) < 4.78 is 0.905. The molecule has 0 saturated carbocycles. The summed E-state index contributed by atoms with van der Waals surface area (Å²) in [6, 6.07) is 4.86. The van der Waals surface area contributed by atoms with Crippen molar-refractivity contribution in [1.29, 1.82) is 0 Å². The first-order valence-electron chi connectivity index (χ1n) is 5.98. The first kappa shape index (κ1) is 12.4. The van der Waals surface area contributed by atoms with E-state index in [1.807, 2.05) is 6.07 Å². The average Bonchev–Trinajstić information content (AvgIpc) is 2.73. The van der Waals surface area contributed by atoms with Crippen molar-refractivity contribution in [2.24, 2.45) is 0 Å². The summed E-state index contributed by atoms with van der Waals surface area (Å²) in [5, 5.41) is 3.46. The molecule has 0 aliphatic carbocycles. The number of hydrogen-bond acceptors (Lipinski definition) is 3. The van der Waals surface area contributed by atoms with Crippen LogP contribution < -0.4 is 5.32 Å². The van der Waals surface area contributed by atoms with Crippen molar-refractivity contribution in [2.45, 2.75) is 25.8 Å². The van der Waals surface area contributed by atoms with Gasteiger partial charge in [-0.05, 0) is 25.0 Å². The second-order valence-corrected chi connectivity index (χ2v) is 6.06. The molecule has 1 aliphatic rings. The van der Waals surface area contributed by atoms with E-state index >= 15 is 0 Å². The van der Waals surface area contributed by atoms with Crippen molar-refractivity contribution in [3.05, 3.63) is 21.3 Å². The van der Waals surface area contributed by atoms with Gasteiger partial charge in [0.2, 0.25) is 0 Å². The molecule has 0 radical (unpaired) electrons. The molecule has 1 atom stereocenters. The van der Waals surface area contributed by atoms with Gasteiger partial charge in [-0.3, -0.25) is 4.90 Å². The maximum atomic E-state index is 5.93. The van der Waals surface area contributed by atoms with E-state index in [2.05, 4.69) is 23.2 Å². The maximum absolute atomic E-state index is 5.93. The molecular weight excluding hydrogens is 240 g/mol. The van der Waals surface area contributed by atoms with Crippen molar-refractivity contribution in [2.75, 3.05) is 26.2 Å². The molecule has 1 aromatic heterocycles. The van der Waals surface area contributed by atoms with Gasteiger partial charge in [0.1, 0.15) is 0 Å². The number of nitrogens with one attached hydrogen (secondary N) is 1. The van der Waals surface area contributed by atoms with Crippen LogP contribution in [0.5, 0.6) is 0 Å². The molecule has 16 heavy (non-hydrogen) atoms. The lowest BCUT2D eigenvalue weighted by Gasteiger charge is -2.35. The Bertz CT molecular complexity index is 327. The highest BCUT2D eigenvalue weighted by molar-refractivity contribution is 7.16. The van der Waals surface area contributed by atoms with Gasteiger partial charge in [-0.2, -0.15) is 0 Å². The monoisotopic (exact) mass is 258 g/mol. The fourth-order valence-corrected chi connectivity index (χ4v) is 3.32. The van der Waals surface area contributed by atoms with Gasteiger partial charge in [0.15, 0.2) is 0 Å². The minimum Gasteiger partial charge on any atom is -0.314 e. The van der Waals surface area contributed by atoms with Crippen LogP contribution in [0.4, 0.5) is 0 Å². The first-order valence-corrected chi connectivity index (χ1v) is 7.18. The van der Waals surface area contributed by atoms with Gasteiger partial charge in [0.25, 0.3) is 0 Å². The van der Waals surface area contributed by atoms with Gasteiger partial charge in [0, 0.05) is 37.1 Å². The molecule has 1 saturated heterocycles. The fourth-order valence-electron chi connectivity index (χ4n) is 2.24. The number of piperazine rings is 1. The molecule has 1 unspecified atom stereocenters. The molecule has 0 amide bonds. The third-order valence-electron chi connectivity index (χ3n) is 3.22. The largest absolute Gasteiger partial charge is 0.314 e. The zero-order valence-corrected chi connectivity index (χ0v) is 11.3. The van der Waals surface area contributed by atoms with Crippen molar-refractivity contribution in [3.63, 3.8) is 0 Å². The lowest BCUT2D eigenvalue weighted by molar-refractivity contribution is 0.159. The van der Waals surface area contributed by atoms with Gasteiger partial charge in [-0.25, -0.2) is 0 Å². The van der Waals surface area contributed by atoms with E-state index in [-0.39, 0.29) is 0 Å². The number of nitrogens with zero attached hydrogens (tertiary/aromatic N) is 1. The summed E-state index contributed by atoms with van der Waals surface area (Å²) in [7, 11) is 0. The molecule has 1 N–H and O–H groups in total. The van der Waals surface area contributed by atoms with Gasteiger partial charge in [-0.15, -0.1) is 11.3 Å². The molecule has 2 rings (SSSR count). The second-order valence-electron chi connectivity index (χ2n) is 4.26. The smallest absolute Gasteiger partial charge is 0.0931 e. The number of thiophene rings is 1. The summed E-state index contributed by atoms with van der Waals surface area (Å²) in [6.07, 6.45) is 2.37. The fraction of sp³-hybridized carbons (Fsp3) is 0.667. The Morgan fingerprint density at radius 2 is 2.44 bits per heavy atom. The van der Waals surface area contributed by atoms with Crippen LogP contribution in [0.15, 0.2) is 12.1 Å². The van der Waals surface area contributed by atoms with Crippen LogP contribution in [-0.4, -0.2) is 37.1 Å². The molecule has 4 heteroatoms. The summed E-state index contributed by atoms with van der Waals surface area (Å²) >= 11 is 7.64. The Morgan fingerprint density at radius 1 is 1.56 bits per heavy atom.